The van der Waals surface area contributed by atoms with Crippen molar-refractivity contribution in [3.05, 3.63) is 0 Å². The zero-order valence-corrected chi connectivity index (χ0v) is 44.7. The molecule has 10 fully saturated rings. The fourth-order valence-electron chi connectivity index (χ4n) is 8.86. The molecular formula is C61H133N3O3. The van der Waals surface area contributed by atoms with E-state index >= 15 is 0 Å². The molecule has 410 valence electrons. The maximum absolute atomic E-state index is 5.15. The molecule has 6 saturated heterocycles. The monoisotopic (exact) mass is 956 g/mol. The van der Waals surface area contributed by atoms with Gasteiger partial charge in [0, 0.05) is 33.0 Å². The van der Waals surface area contributed by atoms with Gasteiger partial charge >= 0.3 is 0 Å². The Morgan fingerprint density at radius 1 is 0.328 bits per heavy atom. The molecule has 0 spiro atoms. The summed E-state index contributed by atoms with van der Waals surface area (Å²) in [6, 6.07) is 0. The minimum atomic E-state index is 0. The van der Waals surface area contributed by atoms with Gasteiger partial charge in [-0.3, -0.25) is 0 Å². The Bertz CT molecular complexity index is 745. The van der Waals surface area contributed by atoms with Crippen molar-refractivity contribution in [2.45, 2.75) is 271 Å². The number of likely N-dealkylation sites (tertiary alicyclic amines) is 1. The highest BCUT2D eigenvalue weighted by Gasteiger charge is 2.12. The van der Waals surface area contributed by atoms with Crippen LogP contribution >= 0.6 is 0 Å². The van der Waals surface area contributed by atoms with Crippen LogP contribution in [0.25, 0.3) is 0 Å². The lowest BCUT2D eigenvalue weighted by Gasteiger charge is -2.20. The molecule has 10 rings (SSSR count). The van der Waals surface area contributed by atoms with Gasteiger partial charge < -0.3 is 29.7 Å². The van der Waals surface area contributed by atoms with Gasteiger partial charge in [0.05, 0.1) is 6.10 Å². The number of piperidine rings is 2. The lowest BCUT2D eigenvalue weighted by molar-refractivity contribution is 0.0716. The molecule has 6 heterocycles. The molecule has 0 aromatic rings. The molecule has 6 heteroatoms. The maximum Gasteiger partial charge on any atom is 0.0547 e. The summed E-state index contributed by atoms with van der Waals surface area (Å²) in [5, 5.41) is 6.59. The van der Waals surface area contributed by atoms with Crippen LogP contribution in [-0.2, 0) is 14.2 Å². The Hall–Kier alpha value is -0.240. The Labute approximate surface area is 426 Å². The molecule has 0 radical (unpaired) electrons. The van der Waals surface area contributed by atoms with Crippen LogP contribution in [0.1, 0.15) is 265 Å². The van der Waals surface area contributed by atoms with E-state index in [2.05, 4.69) is 84.9 Å². The summed E-state index contributed by atoms with van der Waals surface area (Å²) in [4.78, 5) is 2.39. The first-order valence-corrected chi connectivity index (χ1v) is 28.3. The van der Waals surface area contributed by atoms with Crippen molar-refractivity contribution < 1.29 is 14.2 Å². The Balaban J connectivity index is -0.000000328. The molecule has 6 aliphatic heterocycles. The fourth-order valence-corrected chi connectivity index (χ4v) is 8.86. The Morgan fingerprint density at radius 2 is 0.701 bits per heavy atom. The number of nitrogens with one attached hydrogen (secondary N) is 2. The summed E-state index contributed by atoms with van der Waals surface area (Å²) in [7, 11) is 2.19. The summed E-state index contributed by atoms with van der Waals surface area (Å²) in [5.74, 6) is 7.84. The molecule has 0 amide bonds. The van der Waals surface area contributed by atoms with E-state index in [0.29, 0.717) is 6.10 Å². The SMILES string of the molecule is C.C.C.C.CC1CCC1.CC1CCC1.CC1CCCCC1.CC1CCCCC1.CC1CCCO1.CC1CCNC1.CC1CCNCC1.CC1CCOC1.CC1CCOCC1.CN1CCCCC1. The summed E-state index contributed by atoms with van der Waals surface area (Å²) in [6.45, 7) is 33.1. The first kappa shape index (κ1) is 73.3. The number of nitrogens with zero attached hydrogens (tertiary/aromatic N) is 1. The van der Waals surface area contributed by atoms with Crippen LogP contribution in [0, 0.1) is 47.3 Å². The van der Waals surface area contributed by atoms with Gasteiger partial charge in [-0.1, -0.05) is 194 Å². The molecule has 4 saturated carbocycles. The summed E-state index contributed by atoms with van der Waals surface area (Å²) >= 11 is 0. The van der Waals surface area contributed by atoms with Gasteiger partial charge in [-0.05, 0) is 165 Å². The first-order valence-electron chi connectivity index (χ1n) is 28.3. The average Bonchev–Trinajstić information content (AvgIpc) is 4.09. The van der Waals surface area contributed by atoms with E-state index in [4.69, 9.17) is 14.2 Å². The van der Waals surface area contributed by atoms with E-state index < -0.39 is 0 Å². The Morgan fingerprint density at radius 3 is 0.866 bits per heavy atom. The van der Waals surface area contributed by atoms with E-state index in [1.54, 1.807) is 0 Å². The maximum atomic E-state index is 5.15. The summed E-state index contributed by atoms with van der Waals surface area (Å²) in [5.41, 5.74) is 0. The predicted molar refractivity (Wildman–Crippen MR) is 305 cm³/mol. The van der Waals surface area contributed by atoms with Crippen LogP contribution in [0.5, 0.6) is 0 Å². The van der Waals surface area contributed by atoms with Crippen molar-refractivity contribution in [1.82, 2.24) is 15.5 Å². The van der Waals surface area contributed by atoms with Gasteiger partial charge in [0.2, 0.25) is 0 Å². The minimum absolute atomic E-state index is 0. The van der Waals surface area contributed by atoms with Crippen LogP contribution in [0.2, 0.25) is 0 Å². The lowest BCUT2D eigenvalue weighted by Crippen LogP contribution is -2.26. The quantitative estimate of drug-likeness (QED) is 0.252. The molecule has 6 nitrogen and oxygen atoms in total. The van der Waals surface area contributed by atoms with E-state index in [9.17, 15) is 0 Å². The van der Waals surface area contributed by atoms with Crippen molar-refractivity contribution in [3.8, 4) is 0 Å². The van der Waals surface area contributed by atoms with Crippen LogP contribution in [-0.4, -0.2) is 90.4 Å². The Kier molecular flexibility index (Phi) is 57.0. The highest BCUT2D eigenvalue weighted by Crippen LogP contribution is 2.25. The average molecular weight is 957 g/mol. The molecule has 0 bridgehead atoms. The highest BCUT2D eigenvalue weighted by molar-refractivity contribution is 4.66. The predicted octanol–water partition coefficient (Wildman–Crippen LogP) is 17.7. The molecule has 0 aromatic carbocycles. The van der Waals surface area contributed by atoms with Crippen molar-refractivity contribution in [2.24, 2.45) is 47.3 Å². The zero-order valence-electron chi connectivity index (χ0n) is 44.7. The van der Waals surface area contributed by atoms with Crippen LogP contribution in [0.15, 0.2) is 0 Å². The number of hydrogen-bond acceptors (Lipinski definition) is 6. The van der Waals surface area contributed by atoms with Crippen LogP contribution < -0.4 is 10.6 Å². The van der Waals surface area contributed by atoms with Gasteiger partial charge in [-0.25, -0.2) is 0 Å². The van der Waals surface area contributed by atoms with Crippen molar-refractivity contribution in [3.63, 3.8) is 0 Å². The van der Waals surface area contributed by atoms with Gasteiger partial charge in [-0.2, -0.15) is 0 Å². The van der Waals surface area contributed by atoms with E-state index in [1.165, 1.54) is 213 Å². The molecular weight excluding hydrogens is 823 g/mol. The van der Waals surface area contributed by atoms with Gasteiger partial charge in [-0.15, -0.1) is 0 Å². The highest BCUT2D eigenvalue weighted by atomic mass is 16.5. The van der Waals surface area contributed by atoms with Crippen molar-refractivity contribution >= 4 is 0 Å². The van der Waals surface area contributed by atoms with E-state index in [1.807, 2.05) is 0 Å². The third-order valence-electron chi connectivity index (χ3n) is 14.9. The van der Waals surface area contributed by atoms with Gasteiger partial charge in [0.1, 0.15) is 0 Å². The molecule has 3 atom stereocenters. The fraction of sp³-hybridized carbons (Fsp3) is 1.00. The third-order valence-corrected chi connectivity index (χ3v) is 14.9. The standard InChI is InChI=1S/2C7H14.2C6H13N.C6H12O.C5H11N.2C5H10O.2C5H10.4CH4/c2*1-7-5-3-2-4-6-7;1-6-2-4-7-5-3-6;1-7-5-3-2-4-6-7;1-6-2-4-7-5-3-6;2*1-5-2-3-6-4-5;1-5-3-2-4-6-5;2*1-5-3-2-4-5;;;;/h2*7H,2-6H2,1H3;6-7H,2-5H2,1H3;2-6H2,1H3;6H,2-5H2,1H3;5-6H,2-4H2,1H3;2*5H,2-4H2,1H3;2*5H,2-4H2,1H3;4*1H4. The topological polar surface area (TPSA) is 55.0 Å². The summed E-state index contributed by atoms with van der Waals surface area (Å²) < 4.78 is 15.3. The zero-order chi connectivity index (χ0) is 46.2. The second-order valence-electron chi connectivity index (χ2n) is 22.5. The smallest absolute Gasteiger partial charge is 0.0547 e. The third kappa shape index (κ3) is 50.5. The largest absolute Gasteiger partial charge is 0.381 e. The number of hydrogen-bond donors (Lipinski definition) is 2. The molecule has 67 heavy (non-hydrogen) atoms. The summed E-state index contributed by atoms with van der Waals surface area (Å²) in [6.07, 6.45) is 39.1. The molecule has 3 unspecified atom stereocenters. The van der Waals surface area contributed by atoms with Gasteiger partial charge in [0.15, 0.2) is 0 Å². The number of rotatable bonds is 0. The number of ether oxygens (including phenoxy) is 3. The lowest BCUT2D eigenvalue weighted by atomic mass is 9.88. The van der Waals surface area contributed by atoms with Crippen LogP contribution in [0.3, 0.4) is 0 Å². The van der Waals surface area contributed by atoms with E-state index in [-0.39, 0.29) is 29.7 Å². The first-order chi connectivity index (χ1) is 30.4. The van der Waals surface area contributed by atoms with Gasteiger partial charge in [0.25, 0.3) is 0 Å². The second-order valence-corrected chi connectivity index (χ2v) is 22.5. The molecule has 2 N–H and O–H groups in total. The van der Waals surface area contributed by atoms with Crippen molar-refractivity contribution in [1.29, 1.82) is 0 Å². The second kappa shape index (κ2) is 52.1. The van der Waals surface area contributed by atoms with Crippen molar-refractivity contribution in [2.75, 3.05) is 79.4 Å². The normalized spacial score (nSPS) is 26.3. The molecule has 0 aromatic heterocycles. The molecule has 4 aliphatic carbocycles. The van der Waals surface area contributed by atoms with E-state index in [0.717, 1.165) is 80.4 Å². The minimum Gasteiger partial charge on any atom is -0.381 e. The van der Waals surface area contributed by atoms with Crippen LogP contribution in [0.4, 0.5) is 0 Å². The molecule has 10 aliphatic rings.